The molecule has 1 aromatic rings. The van der Waals surface area contributed by atoms with Gasteiger partial charge in [-0.3, -0.25) is 0 Å². The van der Waals surface area contributed by atoms with Crippen molar-refractivity contribution in [3.8, 4) is 11.5 Å². The third kappa shape index (κ3) is 0.930. The summed E-state index contributed by atoms with van der Waals surface area (Å²) in [5.74, 6) is 2.36. The van der Waals surface area contributed by atoms with Gasteiger partial charge in [0.2, 0.25) is 0 Å². The summed E-state index contributed by atoms with van der Waals surface area (Å²) in [6.07, 6.45) is 4.32. The van der Waals surface area contributed by atoms with E-state index < -0.39 is 6.10 Å². The molecule has 21 heavy (non-hydrogen) atoms. The molecule has 108 valence electrons. The smallest absolute Gasteiger partial charge is 0.165 e. The number of aromatic hydroxyl groups is 1. The molecule has 3 N–H and O–H groups in total. The fourth-order valence-electron chi connectivity index (χ4n) is 6.26. The number of hydrogen-bond donors (Lipinski definition) is 3. The molecule has 6 rings (SSSR count). The number of phenolic OH excluding ortho intramolecular Hbond substituents is 1. The number of phenols is 1. The summed E-state index contributed by atoms with van der Waals surface area (Å²) < 4.78 is 6.14. The van der Waals surface area contributed by atoms with Gasteiger partial charge in [-0.1, -0.05) is 18.2 Å². The van der Waals surface area contributed by atoms with E-state index in [1.165, 1.54) is 11.1 Å². The van der Waals surface area contributed by atoms with Gasteiger partial charge >= 0.3 is 0 Å². The Labute approximate surface area is 122 Å². The van der Waals surface area contributed by atoms with Crippen LogP contribution in [0.15, 0.2) is 24.3 Å². The normalized spacial score (nSPS) is 50.1. The first kappa shape index (κ1) is 11.1. The van der Waals surface area contributed by atoms with E-state index in [4.69, 9.17) is 4.74 Å². The molecule has 0 amide bonds. The van der Waals surface area contributed by atoms with Gasteiger partial charge in [0.25, 0.3) is 0 Å². The second-order valence-electron chi connectivity index (χ2n) is 7.23. The number of aliphatic hydroxyl groups is 1. The number of hydrogen-bond acceptors (Lipinski definition) is 4. The third-order valence-corrected chi connectivity index (χ3v) is 6.76. The summed E-state index contributed by atoms with van der Waals surface area (Å²) in [7, 11) is 0. The molecule has 1 spiro atoms. The van der Waals surface area contributed by atoms with E-state index in [0.717, 1.165) is 13.0 Å². The minimum atomic E-state index is -0.584. The lowest BCUT2D eigenvalue weighted by atomic mass is 9.56. The lowest BCUT2D eigenvalue weighted by molar-refractivity contribution is -0.0131. The highest BCUT2D eigenvalue weighted by molar-refractivity contribution is 5.63. The lowest BCUT2D eigenvalue weighted by Gasteiger charge is -2.48. The molecule has 2 fully saturated rings. The van der Waals surface area contributed by atoms with Crippen LogP contribution in [0, 0.1) is 17.8 Å². The topological polar surface area (TPSA) is 61.7 Å². The number of rotatable bonds is 0. The van der Waals surface area contributed by atoms with Crippen molar-refractivity contribution in [2.45, 2.75) is 30.1 Å². The van der Waals surface area contributed by atoms with E-state index in [9.17, 15) is 10.2 Å². The zero-order valence-electron chi connectivity index (χ0n) is 11.5. The summed E-state index contributed by atoms with van der Waals surface area (Å²) in [5, 5.41) is 24.4. The van der Waals surface area contributed by atoms with Gasteiger partial charge in [0.15, 0.2) is 11.5 Å². The van der Waals surface area contributed by atoms with Crippen LogP contribution in [0.25, 0.3) is 0 Å². The van der Waals surface area contributed by atoms with Crippen molar-refractivity contribution in [1.82, 2.24) is 5.32 Å². The fourth-order valence-corrected chi connectivity index (χ4v) is 6.26. The number of benzene rings is 1. The standard InChI is InChI=1S/C17H17NO3/c19-11-3-1-7-5-8-10-6-18-14(8)9-2-4-12(20)16-17(9,10)13(7)15(11)21-16/h1-4,8-10,12,14,16,18-20H,5-6H2/t8?,9?,10?,12-,14+,16-,17+/m0/s1. The predicted molar refractivity (Wildman–Crippen MR) is 75.3 cm³/mol. The molecule has 4 nitrogen and oxygen atoms in total. The van der Waals surface area contributed by atoms with Crippen LogP contribution in [-0.2, 0) is 11.8 Å². The molecule has 7 atom stereocenters. The molecule has 4 bridgehead atoms. The van der Waals surface area contributed by atoms with Gasteiger partial charge < -0.3 is 20.3 Å². The van der Waals surface area contributed by atoms with Gasteiger partial charge in [0.05, 0.1) is 5.41 Å². The first-order chi connectivity index (χ1) is 10.2. The molecule has 2 heterocycles. The average Bonchev–Trinajstić information content (AvgIpc) is 3.10. The molecule has 2 aliphatic heterocycles. The van der Waals surface area contributed by atoms with Crippen LogP contribution in [0.1, 0.15) is 11.1 Å². The molecule has 3 unspecified atom stereocenters. The number of piperidine rings is 1. The van der Waals surface area contributed by atoms with Gasteiger partial charge in [-0.25, -0.2) is 0 Å². The van der Waals surface area contributed by atoms with Crippen molar-refractivity contribution in [2.24, 2.45) is 17.8 Å². The van der Waals surface area contributed by atoms with Gasteiger partial charge in [0.1, 0.15) is 12.2 Å². The van der Waals surface area contributed by atoms with Gasteiger partial charge in [0, 0.05) is 17.5 Å². The Morgan fingerprint density at radius 2 is 2.19 bits per heavy atom. The van der Waals surface area contributed by atoms with Gasteiger partial charge in [-0.05, 0) is 36.4 Å². The quantitative estimate of drug-likeness (QED) is 0.614. The summed E-state index contributed by atoms with van der Waals surface area (Å²) >= 11 is 0. The van der Waals surface area contributed by atoms with Crippen LogP contribution in [0.2, 0.25) is 0 Å². The van der Waals surface area contributed by atoms with Crippen LogP contribution in [-0.4, -0.2) is 35.0 Å². The zero-order valence-corrected chi connectivity index (χ0v) is 11.5. The van der Waals surface area contributed by atoms with Crippen LogP contribution in [0.5, 0.6) is 11.5 Å². The van der Waals surface area contributed by atoms with Gasteiger partial charge in [-0.2, -0.15) is 0 Å². The second kappa shape index (κ2) is 3.13. The van der Waals surface area contributed by atoms with E-state index in [1.54, 1.807) is 6.07 Å². The highest BCUT2D eigenvalue weighted by atomic mass is 16.5. The van der Waals surface area contributed by atoms with E-state index in [0.29, 0.717) is 29.5 Å². The predicted octanol–water partition coefficient (Wildman–Crippen LogP) is 0.712. The van der Waals surface area contributed by atoms with Crippen LogP contribution >= 0.6 is 0 Å². The zero-order chi connectivity index (χ0) is 13.9. The molecule has 5 aliphatic rings. The van der Waals surface area contributed by atoms with Crippen molar-refractivity contribution in [1.29, 1.82) is 0 Å². The van der Waals surface area contributed by atoms with Crippen molar-refractivity contribution >= 4 is 0 Å². The average molecular weight is 283 g/mol. The number of aliphatic hydroxyl groups excluding tert-OH is 1. The molecule has 1 aromatic carbocycles. The first-order valence-corrected chi connectivity index (χ1v) is 7.84. The fraction of sp³-hybridized carbons (Fsp3) is 0.529. The Balaban J connectivity index is 1.75. The first-order valence-electron chi connectivity index (χ1n) is 7.84. The monoisotopic (exact) mass is 283 g/mol. The maximum absolute atomic E-state index is 10.5. The number of nitrogens with one attached hydrogen (secondary N) is 1. The molecule has 1 saturated heterocycles. The van der Waals surface area contributed by atoms with Crippen LogP contribution in [0.3, 0.4) is 0 Å². The van der Waals surface area contributed by atoms with Crippen LogP contribution in [0.4, 0.5) is 0 Å². The second-order valence-corrected chi connectivity index (χ2v) is 7.23. The Bertz CT molecular complexity index is 714. The maximum Gasteiger partial charge on any atom is 0.165 e. The van der Waals surface area contributed by atoms with Crippen molar-refractivity contribution in [3.63, 3.8) is 0 Å². The third-order valence-electron chi connectivity index (χ3n) is 6.76. The molecule has 0 radical (unpaired) electrons. The highest BCUT2D eigenvalue weighted by Gasteiger charge is 2.74. The Morgan fingerprint density at radius 1 is 1.29 bits per heavy atom. The summed E-state index contributed by atoms with van der Waals surface area (Å²) in [4.78, 5) is 0. The highest BCUT2D eigenvalue weighted by Crippen LogP contribution is 2.69. The molecule has 0 aromatic heterocycles. The Hall–Kier alpha value is -1.52. The Kier molecular flexibility index (Phi) is 1.65. The van der Waals surface area contributed by atoms with Crippen molar-refractivity contribution < 1.29 is 14.9 Å². The van der Waals surface area contributed by atoms with E-state index in [1.807, 2.05) is 6.08 Å². The lowest BCUT2D eigenvalue weighted by Crippen LogP contribution is -2.59. The summed E-state index contributed by atoms with van der Waals surface area (Å²) in [6.45, 7) is 1.00. The minimum Gasteiger partial charge on any atom is -0.504 e. The minimum absolute atomic E-state index is 0.129. The van der Waals surface area contributed by atoms with E-state index in [2.05, 4.69) is 17.5 Å². The number of ether oxygens (including phenoxy) is 1. The molecular weight excluding hydrogens is 266 g/mol. The summed E-state index contributed by atoms with van der Waals surface area (Å²) in [5.41, 5.74) is 2.38. The van der Waals surface area contributed by atoms with Crippen molar-refractivity contribution in [2.75, 3.05) is 6.54 Å². The largest absolute Gasteiger partial charge is 0.504 e. The van der Waals surface area contributed by atoms with E-state index in [-0.39, 0.29) is 17.3 Å². The molecule has 1 saturated carbocycles. The van der Waals surface area contributed by atoms with E-state index >= 15 is 0 Å². The SMILES string of the molecule is Oc1ccc2c3c1O[C@H]1[C@@H](O)C=CC4[C@@H]5NCC(C5C2)[C@@]341. The molecule has 4 heteroatoms. The molecule has 3 aliphatic carbocycles. The summed E-state index contributed by atoms with van der Waals surface area (Å²) in [6, 6.07) is 4.28. The van der Waals surface area contributed by atoms with Gasteiger partial charge in [-0.15, -0.1) is 0 Å². The van der Waals surface area contributed by atoms with Crippen molar-refractivity contribution in [3.05, 3.63) is 35.4 Å². The number of fused-ring (bicyclic) bond motifs is 1. The van der Waals surface area contributed by atoms with Crippen LogP contribution < -0.4 is 10.1 Å². The Morgan fingerprint density at radius 3 is 3.10 bits per heavy atom. The maximum atomic E-state index is 10.5. The molecular formula is C17H17NO3.